The summed E-state index contributed by atoms with van der Waals surface area (Å²) in [6.07, 6.45) is 0.928. The van der Waals surface area contributed by atoms with Gasteiger partial charge in [-0.25, -0.2) is 8.42 Å². The van der Waals surface area contributed by atoms with E-state index in [2.05, 4.69) is 21.8 Å². The van der Waals surface area contributed by atoms with Crippen LogP contribution in [0.2, 0.25) is 0 Å². The number of hydrogen-bond acceptors (Lipinski definition) is 5. The van der Waals surface area contributed by atoms with Crippen LogP contribution in [-0.2, 0) is 16.6 Å². The number of carbonyl (C=O) groups excluding carboxylic acids is 1. The molecule has 0 unspecified atom stereocenters. The summed E-state index contributed by atoms with van der Waals surface area (Å²) in [6, 6.07) is 20.3. The number of rotatable bonds is 6. The van der Waals surface area contributed by atoms with Crippen molar-refractivity contribution in [1.82, 2.24) is 9.80 Å². The molecule has 1 amide bonds. The molecule has 1 aliphatic heterocycles. The molecule has 1 fully saturated rings. The maximum absolute atomic E-state index is 13.0. The molecule has 6 nitrogen and oxygen atoms in total. The molecule has 2 heterocycles. The monoisotopic (exact) mass is 455 g/mol. The molecular weight excluding hydrogens is 430 g/mol. The van der Waals surface area contributed by atoms with Gasteiger partial charge in [-0.1, -0.05) is 36.4 Å². The van der Waals surface area contributed by atoms with Crippen molar-refractivity contribution in [3.8, 4) is 0 Å². The lowest BCUT2D eigenvalue weighted by molar-refractivity contribution is 0.0761. The molecule has 31 heavy (non-hydrogen) atoms. The highest BCUT2D eigenvalue weighted by molar-refractivity contribution is 7.94. The fourth-order valence-corrected chi connectivity index (χ4v) is 5.71. The van der Waals surface area contributed by atoms with E-state index in [1.807, 2.05) is 23.1 Å². The van der Waals surface area contributed by atoms with E-state index in [1.54, 1.807) is 41.8 Å². The third-order valence-corrected chi connectivity index (χ3v) is 8.05. The number of thiophene rings is 1. The van der Waals surface area contributed by atoms with E-state index in [0.717, 1.165) is 43.9 Å². The van der Waals surface area contributed by atoms with Gasteiger partial charge >= 0.3 is 0 Å². The van der Waals surface area contributed by atoms with Crippen molar-refractivity contribution in [2.75, 3.05) is 30.9 Å². The average molecular weight is 456 g/mol. The Morgan fingerprint density at radius 2 is 1.68 bits per heavy atom. The predicted molar refractivity (Wildman–Crippen MR) is 124 cm³/mol. The Labute approximate surface area is 187 Å². The minimum atomic E-state index is -3.59. The summed E-state index contributed by atoms with van der Waals surface area (Å²) in [5, 5.41) is 1.72. The van der Waals surface area contributed by atoms with Crippen molar-refractivity contribution < 1.29 is 13.2 Å². The molecule has 3 aromatic rings. The van der Waals surface area contributed by atoms with Crippen LogP contribution < -0.4 is 4.72 Å². The predicted octanol–water partition coefficient (Wildman–Crippen LogP) is 3.90. The van der Waals surface area contributed by atoms with E-state index < -0.39 is 10.0 Å². The van der Waals surface area contributed by atoms with Gasteiger partial charge in [0.2, 0.25) is 0 Å². The summed E-state index contributed by atoms with van der Waals surface area (Å²) in [6.45, 7) is 4.08. The minimum Gasteiger partial charge on any atom is -0.337 e. The number of carbonyl (C=O) groups is 1. The molecule has 1 N–H and O–H groups in total. The number of nitrogens with zero attached hydrogens (tertiary/aromatic N) is 2. The molecule has 0 aliphatic carbocycles. The highest BCUT2D eigenvalue weighted by atomic mass is 32.2. The van der Waals surface area contributed by atoms with Crippen molar-refractivity contribution in [2.24, 2.45) is 0 Å². The van der Waals surface area contributed by atoms with Crippen molar-refractivity contribution in [3.63, 3.8) is 0 Å². The van der Waals surface area contributed by atoms with Gasteiger partial charge in [-0.3, -0.25) is 14.4 Å². The first-order valence-corrected chi connectivity index (χ1v) is 12.6. The Morgan fingerprint density at radius 3 is 2.39 bits per heavy atom. The molecule has 162 valence electrons. The second-order valence-electron chi connectivity index (χ2n) is 7.52. The van der Waals surface area contributed by atoms with Crippen LogP contribution in [0.1, 0.15) is 22.3 Å². The number of nitrogens with one attached hydrogen (secondary N) is 1. The van der Waals surface area contributed by atoms with E-state index in [4.69, 9.17) is 0 Å². The van der Waals surface area contributed by atoms with Crippen LogP contribution in [0.5, 0.6) is 0 Å². The van der Waals surface area contributed by atoms with E-state index in [1.165, 1.54) is 5.56 Å². The first kappa shape index (κ1) is 21.5. The highest BCUT2D eigenvalue weighted by Crippen LogP contribution is 2.21. The second kappa shape index (κ2) is 9.64. The molecule has 8 heteroatoms. The Balaban J connectivity index is 1.36. The normalized spacial score (nSPS) is 15.4. The van der Waals surface area contributed by atoms with Crippen molar-refractivity contribution in [2.45, 2.75) is 17.2 Å². The van der Waals surface area contributed by atoms with Gasteiger partial charge in [0.1, 0.15) is 4.21 Å². The lowest BCUT2D eigenvalue weighted by atomic mass is 10.2. The third-order valence-electron chi connectivity index (χ3n) is 5.27. The maximum atomic E-state index is 13.0. The summed E-state index contributed by atoms with van der Waals surface area (Å²) in [7, 11) is -3.59. The smallest absolute Gasteiger partial charge is 0.271 e. The van der Waals surface area contributed by atoms with Crippen LogP contribution in [0.25, 0.3) is 0 Å². The molecule has 0 spiro atoms. The largest absolute Gasteiger partial charge is 0.337 e. The van der Waals surface area contributed by atoms with Gasteiger partial charge in [-0.15, -0.1) is 11.3 Å². The lowest BCUT2D eigenvalue weighted by Crippen LogP contribution is -2.35. The van der Waals surface area contributed by atoms with Gasteiger partial charge < -0.3 is 4.90 Å². The van der Waals surface area contributed by atoms with Gasteiger partial charge in [0, 0.05) is 44.0 Å². The van der Waals surface area contributed by atoms with Crippen molar-refractivity contribution in [3.05, 3.63) is 83.2 Å². The quantitative estimate of drug-likeness (QED) is 0.612. The van der Waals surface area contributed by atoms with Crippen LogP contribution in [0.3, 0.4) is 0 Å². The molecule has 1 saturated heterocycles. The molecule has 0 bridgehead atoms. The SMILES string of the molecule is O=C(c1ccc(NS(=O)(=O)c2cccs2)cc1)N1CCCN(Cc2ccccc2)CC1. The first-order valence-electron chi connectivity index (χ1n) is 10.2. The number of hydrogen-bond donors (Lipinski definition) is 1. The second-order valence-corrected chi connectivity index (χ2v) is 10.4. The topological polar surface area (TPSA) is 69.7 Å². The van der Waals surface area contributed by atoms with E-state index in [0.29, 0.717) is 17.8 Å². The number of sulfonamides is 1. The van der Waals surface area contributed by atoms with Crippen LogP contribution in [0, 0.1) is 0 Å². The van der Waals surface area contributed by atoms with Gasteiger partial charge in [-0.2, -0.15) is 0 Å². The zero-order valence-electron chi connectivity index (χ0n) is 17.1. The Morgan fingerprint density at radius 1 is 0.903 bits per heavy atom. The highest BCUT2D eigenvalue weighted by Gasteiger charge is 2.21. The average Bonchev–Trinajstić information content (AvgIpc) is 3.23. The minimum absolute atomic E-state index is 0.0192. The van der Waals surface area contributed by atoms with Crippen LogP contribution >= 0.6 is 11.3 Å². The fraction of sp³-hybridized carbons (Fsp3) is 0.261. The molecule has 0 saturated carbocycles. The molecule has 1 aliphatic rings. The summed E-state index contributed by atoms with van der Waals surface area (Å²) < 4.78 is 27.5. The Hall–Kier alpha value is -2.68. The summed E-state index contributed by atoms with van der Waals surface area (Å²) in [5.41, 5.74) is 2.29. The molecule has 0 atom stereocenters. The molecule has 2 aromatic carbocycles. The molecular formula is C23H25N3O3S2. The van der Waals surface area contributed by atoms with Crippen molar-refractivity contribution in [1.29, 1.82) is 0 Å². The van der Waals surface area contributed by atoms with Gasteiger partial charge in [-0.05, 0) is 47.7 Å². The van der Waals surface area contributed by atoms with Gasteiger partial charge in [0.15, 0.2) is 0 Å². The summed E-state index contributed by atoms with van der Waals surface area (Å²) in [4.78, 5) is 17.2. The first-order chi connectivity index (χ1) is 15.0. The van der Waals surface area contributed by atoms with Crippen LogP contribution in [-0.4, -0.2) is 50.3 Å². The third kappa shape index (κ3) is 5.52. The number of amides is 1. The summed E-state index contributed by atoms with van der Waals surface area (Å²) in [5.74, 6) is -0.0192. The Bertz CT molecular complexity index is 1100. The number of anilines is 1. The Kier molecular flexibility index (Phi) is 6.70. The zero-order valence-corrected chi connectivity index (χ0v) is 18.7. The van der Waals surface area contributed by atoms with Crippen LogP contribution in [0.15, 0.2) is 76.3 Å². The van der Waals surface area contributed by atoms with E-state index in [-0.39, 0.29) is 10.1 Å². The molecule has 0 radical (unpaired) electrons. The summed E-state index contributed by atoms with van der Waals surface area (Å²) >= 11 is 1.16. The van der Waals surface area contributed by atoms with Crippen molar-refractivity contribution >= 4 is 33.0 Å². The van der Waals surface area contributed by atoms with Gasteiger partial charge in [0.05, 0.1) is 0 Å². The number of benzene rings is 2. The fourth-order valence-electron chi connectivity index (χ4n) is 3.66. The lowest BCUT2D eigenvalue weighted by Gasteiger charge is -2.22. The van der Waals surface area contributed by atoms with E-state index >= 15 is 0 Å². The zero-order chi connectivity index (χ0) is 21.7. The standard InChI is InChI=1S/C23H25N3O3S2/c27-23(26-14-5-13-25(15-16-26)18-19-6-2-1-3-7-19)20-9-11-21(12-10-20)24-31(28,29)22-8-4-17-30-22/h1-4,6-12,17,24H,5,13-16,18H2. The van der Waals surface area contributed by atoms with Gasteiger partial charge in [0.25, 0.3) is 15.9 Å². The molecule has 4 rings (SSSR count). The maximum Gasteiger partial charge on any atom is 0.271 e. The molecule has 1 aromatic heterocycles. The van der Waals surface area contributed by atoms with E-state index in [9.17, 15) is 13.2 Å². The van der Waals surface area contributed by atoms with Crippen LogP contribution in [0.4, 0.5) is 5.69 Å².